The number of amides is 1. The normalized spacial score (nSPS) is 18.5. The zero-order valence-corrected chi connectivity index (χ0v) is 18.4. The lowest BCUT2D eigenvalue weighted by atomic mass is 9.97. The molecular weight excluding hydrogens is 398 g/mol. The average Bonchev–Trinajstić information content (AvgIpc) is 3.16. The van der Waals surface area contributed by atoms with Crippen LogP contribution in [0, 0.1) is 5.92 Å². The van der Waals surface area contributed by atoms with E-state index in [1.165, 1.54) is 15.4 Å². The molecule has 0 spiro atoms. The molecule has 6 nitrogen and oxygen atoms in total. The second kappa shape index (κ2) is 8.49. The van der Waals surface area contributed by atoms with E-state index in [-0.39, 0.29) is 11.8 Å². The SMILES string of the molecule is CC(C)c1ccc(S(=O)(=O)N2CCC(C(=O)NN3Cc4ccccc4C3)CC2)cc1. The molecule has 160 valence electrons. The fourth-order valence-electron chi connectivity index (χ4n) is 4.19. The Bertz CT molecular complexity index is 985. The number of nitrogens with one attached hydrogen (secondary N) is 1. The minimum absolute atomic E-state index is 0.0128. The molecule has 2 aliphatic heterocycles. The van der Waals surface area contributed by atoms with Gasteiger partial charge < -0.3 is 0 Å². The average molecular weight is 428 g/mol. The Morgan fingerprint density at radius 1 is 0.967 bits per heavy atom. The van der Waals surface area contributed by atoms with Gasteiger partial charge in [0.05, 0.1) is 4.90 Å². The monoisotopic (exact) mass is 427 g/mol. The molecule has 0 aliphatic carbocycles. The van der Waals surface area contributed by atoms with Crippen LogP contribution >= 0.6 is 0 Å². The van der Waals surface area contributed by atoms with Crippen LogP contribution in [-0.2, 0) is 27.9 Å². The largest absolute Gasteiger partial charge is 0.288 e. The number of carbonyl (C=O) groups is 1. The van der Waals surface area contributed by atoms with Crippen molar-refractivity contribution >= 4 is 15.9 Å². The summed E-state index contributed by atoms with van der Waals surface area (Å²) in [5.41, 5.74) is 6.62. The van der Waals surface area contributed by atoms with Crippen LogP contribution in [0.15, 0.2) is 53.4 Å². The summed E-state index contributed by atoms with van der Waals surface area (Å²) in [7, 11) is -3.52. The predicted molar refractivity (Wildman–Crippen MR) is 116 cm³/mol. The predicted octanol–water partition coefficient (Wildman–Crippen LogP) is 3.26. The molecule has 7 heteroatoms. The van der Waals surface area contributed by atoms with Gasteiger partial charge in [-0.3, -0.25) is 10.2 Å². The third kappa shape index (κ3) is 4.29. The maximum absolute atomic E-state index is 13.0. The first-order chi connectivity index (χ1) is 14.3. The van der Waals surface area contributed by atoms with Crippen molar-refractivity contribution in [3.63, 3.8) is 0 Å². The maximum Gasteiger partial charge on any atom is 0.243 e. The van der Waals surface area contributed by atoms with Gasteiger partial charge in [0.15, 0.2) is 0 Å². The van der Waals surface area contributed by atoms with E-state index in [1.807, 2.05) is 29.3 Å². The summed E-state index contributed by atoms with van der Waals surface area (Å²) in [5, 5.41) is 1.94. The number of benzene rings is 2. The molecule has 0 unspecified atom stereocenters. The molecule has 2 aliphatic rings. The molecule has 0 bridgehead atoms. The van der Waals surface area contributed by atoms with Gasteiger partial charge >= 0.3 is 0 Å². The Hall–Kier alpha value is -2.22. The van der Waals surface area contributed by atoms with Crippen LogP contribution in [-0.4, -0.2) is 36.7 Å². The number of hydrazine groups is 1. The molecule has 0 atom stereocenters. The lowest BCUT2D eigenvalue weighted by Gasteiger charge is -2.31. The van der Waals surface area contributed by atoms with Crippen LogP contribution in [0.25, 0.3) is 0 Å². The topological polar surface area (TPSA) is 69.7 Å². The molecule has 30 heavy (non-hydrogen) atoms. The van der Waals surface area contributed by atoms with Crippen LogP contribution in [0.5, 0.6) is 0 Å². The zero-order valence-electron chi connectivity index (χ0n) is 17.5. The van der Waals surface area contributed by atoms with Gasteiger partial charge in [-0.15, -0.1) is 0 Å². The van der Waals surface area contributed by atoms with Crippen molar-refractivity contribution in [2.45, 2.75) is 50.6 Å². The molecule has 2 aromatic carbocycles. The third-order valence-electron chi connectivity index (χ3n) is 6.12. The number of carbonyl (C=O) groups excluding carboxylic acids is 1. The van der Waals surface area contributed by atoms with Gasteiger partial charge in [0.2, 0.25) is 15.9 Å². The van der Waals surface area contributed by atoms with E-state index in [0.29, 0.717) is 49.8 Å². The standard InChI is InChI=1S/C23H29N3O3S/c1-17(2)18-7-9-22(10-8-18)30(28,29)26-13-11-19(12-14-26)23(27)24-25-15-20-5-3-4-6-21(20)16-25/h3-10,17,19H,11-16H2,1-2H3,(H,24,27). The smallest absolute Gasteiger partial charge is 0.243 e. The van der Waals surface area contributed by atoms with Crippen LogP contribution in [0.3, 0.4) is 0 Å². The molecule has 1 fully saturated rings. The van der Waals surface area contributed by atoms with Gasteiger partial charge in [0.25, 0.3) is 0 Å². The third-order valence-corrected chi connectivity index (χ3v) is 8.03. The van der Waals surface area contributed by atoms with Crippen molar-refractivity contribution in [2.24, 2.45) is 5.92 Å². The highest BCUT2D eigenvalue weighted by atomic mass is 32.2. The first kappa shape index (κ1) is 21.0. The summed E-state index contributed by atoms with van der Waals surface area (Å²) in [6, 6.07) is 15.3. The Morgan fingerprint density at radius 3 is 2.07 bits per heavy atom. The molecule has 0 radical (unpaired) electrons. The second-order valence-corrected chi connectivity index (χ2v) is 10.4. The fraction of sp³-hybridized carbons (Fsp3) is 0.435. The Kier molecular flexibility index (Phi) is 5.95. The second-order valence-electron chi connectivity index (χ2n) is 8.50. The number of piperidine rings is 1. The van der Waals surface area contributed by atoms with E-state index in [9.17, 15) is 13.2 Å². The summed E-state index contributed by atoms with van der Waals surface area (Å²) in [5.74, 6) is 0.184. The number of fused-ring (bicyclic) bond motifs is 1. The zero-order chi connectivity index (χ0) is 21.3. The fourth-order valence-corrected chi connectivity index (χ4v) is 5.66. The number of hydrogen-bond acceptors (Lipinski definition) is 4. The van der Waals surface area contributed by atoms with Gasteiger partial charge in [-0.05, 0) is 47.6 Å². The Balaban J connectivity index is 1.32. The number of hydrogen-bond donors (Lipinski definition) is 1. The van der Waals surface area contributed by atoms with Gasteiger partial charge in [0.1, 0.15) is 0 Å². The molecule has 4 rings (SSSR count). The lowest BCUT2D eigenvalue weighted by Crippen LogP contribution is -2.46. The van der Waals surface area contributed by atoms with Crippen molar-refractivity contribution in [1.29, 1.82) is 0 Å². The van der Waals surface area contributed by atoms with Crippen LogP contribution in [0.4, 0.5) is 0 Å². The minimum atomic E-state index is -3.52. The molecule has 2 aromatic rings. The number of rotatable bonds is 5. The van der Waals surface area contributed by atoms with E-state index in [1.54, 1.807) is 12.1 Å². The van der Waals surface area contributed by atoms with Crippen LogP contribution < -0.4 is 5.43 Å². The van der Waals surface area contributed by atoms with E-state index < -0.39 is 10.0 Å². The molecule has 0 saturated carbocycles. The summed E-state index contributed by atoms with van der Waals surface area (Å²) in [4.78, 5) is 13.0. The van der Waals surface area contributed by atoms with E-state index in [2.05, 4.69) is 31.4 Å². The molecular formula is C23H29N3O3S. The van der Waals surface area contributed by atoms with Gasteiger partial charge in [-0.2, -0.15) is 4.31 Å². The van der Waals surface area contributed by atoms with Gasteiger partial charge in [-0.1, -0.05) is 50.2 Å². The van der Waals surface area contributed by atoms with Crippen LogP contribution in [0.2, 0.25) is 0 Å². The van der Waals surface area contributed by atoms with E-state index >= 15 is 0 Å². The van der Waals surface area contributed by atoms with Crippen molar-refractivity contribution < 1.29 is 13.2 Å². The lowest BCUT2D eigenvalue weighted by molar-refractivity contribution is -0.131. The van der Waals surface area contributed by atoms with E-state index in [0.717, 1.165) is 5.56 Å². The quantitative estimate of drug-likeness (QED) is 0.795. The molecule has 1 saturated heterocycles. The van der Waals surface area contributed by atoms with Crippen molar-refractivity contribution in [3.8, 4) is 0 Å². The van der Waals surface area contributed by atoms with Crippen molar-refractivity contribution in [2.75, 3.05) is 13.1 Å². The maximum atomic E-state index is 13.0. The summed E-state index contributed by atoms with van der Waals surface area (Å²) < 4.78 is 27.4. The number of sulfonamides is 1. The first-order valence-corrected chi connectivity index (χ1v) is 12.0. The highest BCUT2D eigenvalue weighted by molar-refractivity contribution is 7.89. The molecule has 2 heterocycles. The van der Waals surface area contributed by atoms with Gasteiger partial charge in [0, 0.05) is 32.1 Å². The summed E-state index contributed by atoms with van der Waals surface area (Å²) in [6.07, 6.45) is 1.08. The Morgan fingerprint density at radius 2 is 1.53 bits per heavy atom. The minimum Gasteiger partial charge on any atom is -0.288 e. The summed E-state index contributed by atoms with van der Waals surface area (Å²) in [6.45, 7) is 6.32. The van der Waals surface area contributed by atoms with Crippen molar-refractivity contribution in [1.82, 2.24) is 14.7 Å². The van der Waals surface area contributed by atoms with E-state index in [4.69, 9.17) is 0 Å². The molecule has 1 N–H and O–H groups in total. The molecule has 1 amide bonds. The molecule has 0 aromatic heterocycles. The van der Waals surface area contributed by atoms with Crippen molar-refractivity contribution in [3.05, 3.63) is 65.2 Å². The van der Waals surface area contributed by atoms with Gasteiger partial charge in [-0.25, -0.2) is 13.4 Å². The Labute approximate surface area is 178 Å². The number of nitrogens with zero attached hydrogens (tertiary/aromatic N) is 2. The first-order valence-electron chi connectivity index (χ1n) is 10.6. The highest BCUT2D eigenvalue weighted by Crippen LogP contribution is 2.26. The highest BCUT2D eigenvalue weighted by Gasteiger charge is 2.33. The van der Waals surface area contributed by atoms with Crippen LogP contribution in [0.1, 0.15) is 49.3 Å². The summed E-state index contributed by atoms with van der Waals surface area (Å²) >= 11 is 0.